The second kappa shape index (κ2) is 34.3. The van der Waals surface area contributed by atoms with E-state index in [1.165, 1.54) is 89.9 Å². The first kappa shape index (κ1) is 55.9. The van der Waals surface area contributed by atoms with E-state index < -0.39 is 5.60 Å². The van der Waals surface area contributed by atoms with Gasteiger partial charge in [-0.05, 0) is 135 Å². The SMILES string of the molecule is CN(C)CC(C)(C)CC(C)(C)CC(=O)OC1CCCCCCCCC=CCCCCCCCC(=O)OCC(C)(C)OC(=O)CCCCCCCC=CCCCCCCCC1. The lowest BCUT2D eigenvalue weighted by atomic mass is 9.73. The minimum atomic E-state index is -0.802. The number of cyclic esters (lactones) is 2. The number of allylic oxidation sites excluding steroid dienone is 4. The topological polar surface area (TPSA) is 82.1 Å². The maximum Gasteiger partial charge on any atom is 0.306 e. The van der Waals surface area contributed by atoms with Crippen molar-refractivity contribution in [2.24, 2.45) is 10.8 Å². The Balaban J connectivity index is 2.58. The number of carbonyl (C=O) groups excluding carboxylic acids is 3. The molecule has 1 heterocycles. The quantitative estimate of drug-likeness (QED) is 0.143. The van der Waals surface area contributed by atoms with Crippen molar-refractivity contribution in [3.8, 4) is 0 Å². The van der Waals surface area contributed by atoms with Crippen LogP contribution in [0, 0.1) is 10.8 Å². The average Bonchev–Trinajstić information content (AvgIpc) is 3.14. The molecule has 7 heteroatoms. The Morgan fingerprint density at radius 1 is 0.600 bits per heavy atom. The second-order valence-electron chi connectivity index (χ2n) is 20.9. The summed E-state index contributed by atoms with van der Waals surface area (Å²) < 4.78 is 17.4. The lowest BCUT2D eigenvalue weighted by Crippen LogP contribution is -2.34. The molecule has 0 aromatic heterocycles. The van der Waals surface area contributed by atoms with Gasteiger partial charge >= 0.3 is 17.9 Å². The number of ether oxygens (including phenoxy) is 3. The average molecular weight is 844 g/mol. The van der Waals surface area contributed by atoms with Gasteiger partial charge in [0.15, 0.2) is 0 Å². The van der Waals surface area contributed by atoms with Crippen molar-refractivity contribution in [1.82, 2.24) is 4.90 Å². The van der Waals surface area contributed by atoms with Crippen molar-refractivity contribution in [2.75, 3.05) is 27.2 Å². The first-order valence-corrected chi connectivity index (χ1v) is 25.1. The summed E-state index contributed by atoms with van der Waals surface area (Å²) in [7, 11) is 4.25. The van der Waals surface area contributed by atoms with Crippen molar-refractivity contribution in [3.05, 3.63) is 24.3 Å². The summed E-state index contributed by atoms with van der Waals surface area (Å²) in [6.07, 6.45) is 44.0. The van der Waals surface area contributed by atoms with Gasteiger partial charge in [-0.1, -0.05) is 142 Å². The number of rotatable bonds is 7. The van der Waals surface area contributed by atoms with Gasteiger partial charge in [0.25, 0.3) is 0 Å². The Morgan fingerprint density at radius 2 is 0.983 bits per heavy atom. The fourth-order valence-electron chi connectivity index (χ4n) is 9.14. The van der Waals surface area contributed by atoms with Gasteiger partial charge < -0.3 is 19.1 Å². The number of hydrogen-bond acceptors (Lipinski definition) is 7. The van der Waals surface area contributed by atoms with Gasteiger partial charge in [0.1, 0.15) is 18.3 Å². The Labute approximate surface area is 371 Å². The third kappa shape index (κ3) is 35.4. The molecule has 0 fully saturated rings. The van der Waals surface area contributed by atoms with Crippen LogP contribution in [0.4, 0.5) is 0 Å². The van der Waals surface area contributed by atoms with Crippen LogP contribution in [0.5, 0.6) is 0 Å². The lowest BCUT2D eigenvalue weighted by Gasteiger charge is -2.36. The predicted octanol–water partition coefficient (Wildman–Crippen LogP) is 15.0. The van der Waals surface area contributed by atoms with Crippen molar-refractivity contribution in [3.63, 3.8) is 0 Å². The number of nitrogens with zero attached hydrogens (tertiary/aromatic N) is 1. The molecule has 0 spiro atoms. The zero-order chi connectivity index (χ0) is 44.4. The number of hydrogen-bond donors (Lipinski definition) is 0. The van der Waals surface area contributed by atoms with Gasteiger partial charge in [-0.15, -0.1) is 0 Å². The molecule has 0 bridgehead atoms. The zero-order valence-electron chi connectivity index (χ0n) is 40.8. The molecule has 60 heavy (non-hydrogen) atoms. The van der Waals surface area contributed by atoms with E-state index in [1.54, 1.807) is 0 Å². The first-order chi connectivity index (χ1) is 28.6. The maximum atomic E-state index is 13.3. The monoisotopic (exact) mass is 844 g/mol. The van der Waals surface area contributed by atoms with Crippen LogP contribution in [-0.4, -0.2) is 61.8 Å². The maximum absolute atomic E-state index is 13.3. The van der Waals surface area contributed by atoms with Gasteiger partial charge in [0.2, 0.25) is 0 Å². The van der Waals surface area contributed by atoms with E-state index in [0.717, 1.165) is 103 Å². The molecule has 1 atom stereocenters. The van der Waals surface area contributed by atoms with Crippen molar-refractivity contribution in [1.29, 1.82) is 0 Å². The molecule has 0 N–H and O–H groups in total. The fraction of sp³-hybridized carbons (Fsp3) is 0.868. The molecule has 1 unspecified atom stereocenters. The molecule has 0 saturated heterocycles. The molecule has 1 rings (SSSR count). The smallest absolute Gasteiger partial charge is 0.306 e. The van der Waals surface area contributed by atoms with E-state index in [9.17, 15) is 14.4 Å². The van der Waals surface area contributed by atoms with Crippen LogP contribution in [-0.2, 0) is 28.6 Å². The number of esters is 3. The molecule has 0 aromatic rings. The highest BCUT2D eigenvalue weighted by Crippen LogP contribution is 2.37. The van der Waals surface area contributed by atoms with Crippen LogP contribution in [0.2, 0.25) is 0 Å². The van der Waals surface area contributed by atoms with Crippen LogP contribution in [0.1, 0.15) is 247 Å². The summed E-state index contributed by atoms with van der Waals surface area (Å²) in [6.45, 7) is 13.8. The second-order valence-corrected chi connectivity index (χ2v) is 20.9. The molecule has 0 amide bonds. The molecule has 350 valence electrons. The van der Waals surface area contributed by atoms with Gasteiger partial charge in [-0.3, -0.25) is 14.4 Å². The van der Waals surface area contributed by atoms with E-state index in [1.807, 2.05) is 13.8 Å². The minimum Gasteiger partial charge on any atom is -0.462 e. The Morgan fingerprint density at radius 3 is 1.42 bits per heavy atom. The Hall–Kier alpha value is -2.15. The van der Waals surface area contributed by atoms with Crippen LogP contribution in [0.25, 0.3) is 0 Å². The van der Waals surface area contributed by atoms with Gasteiger partial charge in [0.05, 0.1) is 6.42 Å². The van der Waals surface area contributed by atoms with E-state index in [4.69, 9.17) is 14.2 Å². The van der Waals surface area contributed by atoms with Gasteiger partial charge in [-0.25, -0.2) is 0 Å². The third-order valence-corrected chi connectivity index (χ3v) is 11.7. The van der Waals surface area contributed by atoms with Crippen LogP contribution >= 0.6 is 0 Å². The largest absolute Gasteiger partial charge is 0.462 e. The van der Waals surface area contributed by atoms with E-state index >= 15 is 0 Å². The molecule has 0 aromatic carbocycles. The van der Waals surface area contributed by atoms with Gasteiger partial charge in [0, 0.05) is 19.4 Å². The van der Waals surface area contributed by atoms with E-state index in [-0.39, 0.29) is 41.4 Å². The molecule has 0 radical (unpaired) electrons. The predicted molar refractivity (Wildman–Crippen MR) is 253 cm³/mol. The van der Waals surface area contributed by atoms with Crippen molar-refractivity contribution < 1.29 is 28.6 Å². The summed E-state index contributed by atoms with van der Waals surface area (Å²) in [5.74, 6) is -0.421. The highest BCUT2D eigenvalue weighted by Gasteiger charge is 2.32. The van der Waals surface area contributed by atoms with Gasteiger partial charge in [-0.2, -0.15) is 0 Å². The summed E-state index contributed by atoms with van der Waals surface area (Å²) in [4.78, 5) is 40.3. The highest BCUT2D eigenvalue weighted by molar-refractivity contribution is 5.71. The van der Waals surface area contributed by atoms with Crippen molar-refractivity contribution in [2.45, 2.75) is 259 Å². The highest BCUT2D eigenvalue weighted by atomic mass is 16.6. The molecule has 7 nitrogen and oxygen atoms in total. The molecule has 1 aliphatic heterocycles. The molecular weight excluding hydrogens is 747 g/mol. The summed E-state index contributed by atoms with van der Waals surface area (Å²) in [5.41, 5.74) is -0.750. The Kier molecular flexibility index (Phi) is 32.0. The molecule has 0 aliphatic carbocycles. The van der Waals surface area contributed by atoms with E-state index in [0.29, 0.717) is 19.3 Å². The molecular formula is C53H97NO6. The van der Waals surface area contributed by atoms with Crippen LogP contribution in [0.3, 0.4) is 0 Å². The minimum absolute atomic E-state index is 0.00987. The van der Waals surface area contributed by atoms with Crippen LogP contribution < -0.4 is 0 Å². The third-order valence-electron chi connectivity index (χ3n) is 11.7. The molecule has 0 saturated carbocycles. The Bertz CT molecular complexity index is 1150. The summed E-state index contributed by atoms with van der Waals surface area (Å²) in [5, 5.41) is 0. The standard InChI is InChI=1S/C53H97NO6/c1-51(2,44-52(3,4)45-54(7)8)43-50(57)59-47-39-35-31-27-23-19-15-11-9-13-17-21-25-29-33-37-41-48(55)58-46-53(5,6)60-49(56)42-38-34-30-26-22-18-14-10-12-16-20-24-28-32-36-40-47/h9-10,13-14,47H,11-12,15-46H2,1-8H3. The fourth-order valence-corrected chi connectivity index (χ4v) is 9.14. The molecule has 1 aliphatic rings. The summed E-state index contributed by atoms with van der Waals surface area (Å²) >= 11 is 0. The lowest BCUT2D eigenvalue weighted by molar-refractivity contribution is -0.168. The van der Waals surface area contributed by atoms with E-state index in [2.05, 4.69) is 71.0 Å². The van der Waals surface area contributed by atoms with Crippen molar-refractivity contribution >= 4 is 17.9 Å². The zero-order valence-corrected chi connectivity index (χ0v) is 40.8. The van der Waals surface area contributed by atoms with Crippen LogP contribution in [0.15, 0.2) is 24.3 Å². The normalized spacial score (nSPS) is 22.2. The number of carbonyl (C=O) groups is 3. The summed E-state index contributed by atoms with van der Waals surface area (Å²) in [6, 6.07) is 0. The first-order valence-electron chi connectivity index (χ1n) is 25.1.